The van der Waals surface area contributed by atoms with Gasteiger partial charge in [0.15, 0.2) is 0 Å². The van der Waals surface area contributed by atoms with Gasteiger partial charge in [0.1, 0.15) is 5.75 Å². The number of carbonyl (C=O) groups is 2. The SMILES string of the molecule is Cc1ccc(C(=O)NC[C@@H]2CCn3ncc(C(=O)N4CCN(C)CC4)c3C2)c(O)c1. The molecule has 0 radical (unpaired) electrons. The largest absolute Gasteiger partial charge is 0.507 e. The fraction of sp³-hybridized carbons (Fsp3) is 0.500. The van der Waals surface area contributed by atoms with E-state index in [2.05, 4.69) is 22.4 Å². The number of rotatable bonds is 4. The first-order valence-corrected chi connectivity index (χ1v) is 10.5. The van der Waals surface area contributed by atoms with Crippen LogP contribution in [0.5, 0.6) is 5.75 Å². The first kappa shape index (κ1) is 20.4. The van der Waals surface area contributed by atoms with Crippen molar-refractivity contribution in [2.24, 2.45) is 5.92 Å². The summed E-state index contributed by atoms with van der Waals surface area (Å²) in [5, 5.41) is 17.4. The van der Waals surface area contributed by atoms with Crippen LogP contribution in [-0.2, 0) is 13.0 Å². The maximum atomic E-state index is 13.0. The second-order valence-electron chi connectivity index (χ2n) is 8.41. The molecule has 0 unspecified atom stereocenters. The van der Waals surface area contributed by atoms with Crippen LogP contribution < -0.4 is 5.32 Å². The van der Waals surface area contributed by atoms with E-state index in [9.17, 15) is 14.7 Å². The summed E-state index contributed by atoms with van der Waals surface area (Å²) in [7, 11) is 2.07. The number of hydrogen-bond donors (Lipinski definition) is 2. The first-order chi connectivity index (χ1) is 14.4. The lowest BCUT2D eigenvalue weighted by Gasteiger charge is -2.32. The fourth-order valence-electron chi connectivity index (χ4n) is 4.20. The summed E-state index contributed by atoms with van der Waals surface area (Å²) >= 11 is 0. The van der Waals surface area contributed by atoms with E-state index in [0.717, 1.165) is 50.4 Å². The Bertz CT molecular complexity index is 946. The van der Waals surface area contributed by atoms with Crippen LogP contribution in [0.3, 0.4) is 0 Å². The molecule has 1 fully saturated rings. The molecule has 30 heavy (non-hydrogen) atoms. The lowest BCUT2D eigenvalue weighted by Crippen LogP contribution is -2.47. The first-order valence-electron chi connectivity index (χ1n) is 10.5. The quantitative estimate of drug-likeness (QED) is 0.791. The number of benzene rings is 1. The van der Waals surface area contributed by atoms with E-state index in [-0.39, 0.29) is 29.0 Å². The Morgan fingerprint density at radius 1 is 1.17 bits per heavy atom. The van der Waals surface area contributed by atoms with Gasteiger partial charge in [-0.2, -0.15) is 5.10 Å². The number of amides is 2. The number of aromatic nitrogens is 2. The van der Waals surface area contributed by atoms with Crippen molar-refractivity contribution in [3.8, 4) is 5.75 Å². The zero-order chi connectivity index (χ0) is 21.3. The van der Waals surface area contributed by atoms with Crippen molar-refractivity contribution in [3.05, 3.63) is 46.8 Å². The van der Waals surface area contributed by atoms with Gasteiger partial charge in [0, 0.05) is 39.3 Å². The predicted molar refractivity (Wildman–Crippen MR) is 113 cm³/mol. The van der Waals surface area contributed by atoms with Crippen molar-refractivity contribution in [1.82, 2.24) is 24.9 Å². The summed E-state index contributed by atoms with van der Waals surface area (Å²) in [6, 6.07) is 5.04. The fourth-order valence-corrected chi connectivity index (χ4v) is 4.20. The van der Waals surface area contributed by atoms with Gasteiger partial charge >= 0.3 is 0 Å². The topological polar surface area (TPSA) is 90.7 Å². The molecule has 1 atom stereocenters. The van der Waals surface area contributed by atoms with E-state index in [1.54, 1.807) is 18.3 Å². The summed E-state index contributed by atoms with van der Waals surface area (Å²) in [6.45, 7) is 6.35. The minimum Gasteiger partial charge on any atom is -0.507 e. The zero-order valence-corrected chi connectivity index (χ0v) is 17.6. The summed E-state index contributed by atoms with van der Waals surface area (Å²) < 4.78 is 1.92. The Hall–Kier alpha value is -2.87. The predicted octanol–water partition coefficient (Wildman–Crippen LogP) is 1.28. The molecule has 1 aromatic carbocycles. The monoisotopic (exact) mass is 411 g/mol. The van der Waals surface area contributed by atoms with E-state index in [0.29, 0.717) is 18.5 Å². The Balaban J connectivity index is 1.39. The number of phenols is 1. The third kappa shape index (κ3) is 4.18. The number of piperazine rings is 1. The summed E-state index contributed by atoms with van der Waals surface area (Å²) in [4.78, 5) is 29.6. The molecule has 2 aromatic rings. The third-order valence-electron chi connectivity index (χ3n) is 6.15. The van der Waals surface area contributed by atoms with E-state index < -0.39 is 0 Å². The average molecular weight is 412 g/mol. The molecular formula is C22H29N5O3. The van der Waals surface area contributed by atoms with Gasteiger partial charge in [0.2, 0.25) is 0 Å². The number of carbonyl (C=O) groups excluding carboxylic acids is 2. The van der Waals surface area contributed by atoms with Crippen LogP contribution in [0.15, 0.2) is 24.4 Å². The molecule has 8 heteroatoms. The molecule has 2 N–H and O–H groups in total. The molecule has 0 saturated carbocycles. The molecule has 3 heterocycles. The van der Waals surface area contributed by atoms with Gasteiger partial charge < -0.3 is 20.2 Å². The average Bonchev–Trinajstić information content (AvgIpc) is 3.15. The Kier molecular flexibility index (Phi) is 5.76. The van der Waals surface area contributed by atoms with Gasteiger partial charge in [-0.25, -0.2) is 0 Å². The van der Waals surface area contributed by atoms with Crippen LogP contribution >= 0.6 is 0 Å². The van der Waals surface area contributed by atoms with E-state index >= 15 is 0 Å². The van der Waals surface area contributed by atoms with Crippen molar-refractivity contribution in [3.63, 3.8) is 0 Å². The van der Waals surface area contributed by atoms with Gasteiger partial charge in [-0.1, -0.05) is 6.07 Å². The van der Waals surface area contributed by atoms with Crippen LogP contribution in [0.25, 0.3) is 0 Å². The van der Waals surface area contributed by atoms with Gasteiger partial charge in [-0.05, 0) is 50.4 Å². The minimum atomic E-state index is -0.277. The molecular weight excluding hydrogens is 382 g/mol. The number of likely N-dealkylation sites (N-methyl/N-ethyl adjacent to an activating group) is 1. The highest BCUT2D eigenvalue weighted by Crippen LogP contribution is 2.24. The zero-order valence-electron chi connectivity index (χ0n) is 17.6. The molecule has 2 aliphatic heterocycles. The Labute approximate surface area is 176 Å². The molecule has 160 valence electrons. The van der Waals surface area contributed by atoms with Crippen molar-refractivity contribution in [2.75, 3.05) is 39.8 Å². The number of fused-ring (bicyclic) bond motifs is 1. The van der Waals surface area contributed by atoms with Gasteiger partial charge in [0.05, 0.1) is 23.0 Å². The van der Waals surface area contributed by atoms with Crippen molar-refractivity contribution in [1.29, 1.82) is 0 Å². The van der Waals surface area contributed by atoms with Crippen LogP contribution in [-0.4, -0.2) is 76.3 Å². The van der Waals surface area contributed by atoms with Crippen LogP contribution in [0.4, 0.5) is 0 Å². The lowest BCUT2D eigenvalue weighted by atomic mass is 9.94. The van der Waals surface area contributed by atoms with Crippen LogP contribution in [0.1, 0.15) is 38.4 Å². The number of aromatic hydroxyl groups is 1. The smallest absolute Gasteiger partial charge is 0.257 e. The number of hydrogen-bond acceptors (Lipinski definition) is 5. The lowest BCUT2D eigenvalue weighted by molar-refractivity contribution is 0.0661. The second kappa shape index (κ2) is 8.47. The van der Waals surface area contributed by atoms with Gasteiger partial charge in [0.25, 0.3) is 11.8 Å². The van der Waals surface area contributed by atoms with Crippen molar-refractivity contribution in [2.45, 2.75) is 26.3 Å². The van der Waals surface area contributed by atoms with Gasteiger partial charge in [-0.3, -0.25) is 14.3 Å². The normalized spacial score (nSPS) is 19.4. The maximum absolute atomic E-state index is 13.0. The molecule has 2 amide bonds. The van der Waals surface area contributed by atoms with E-state index in [1.807, 2.05) is 22.6 Å². The maximum Gasteiger partial charge on any atom is 0.257 e. The molecule has 1 saturated heterocycles. The van der Waals surface area contributed by atoms with E-state index in [1.165, 1.54) is 0 Å². The third-order valence-corrected chi connectivity index (χ3v) is 6.15. The highest BCUT2D eigenvalue weighted by Gasteiger charge is 2.29. The number of aryl methyl sites for hydroxylation is 2. The summed E-state index contributed by atoms with van der Waals surface area (Å²) in [5.74, 6) is -0.00186. The second-order valence-corrected chi connectivity index (χ2v) is 8.41. The Morgan fingerprint density at radius 3 is 2.67 bits per heavy atom. The molecule has 2 aliphatic rings. The molecule has 8 nitrogen and oxygen atoms in total. The molecule has 0 spiro atoms. The molecule has 1 aromatic heterocycles. The Morgan fingerprint density at radius 2 is 1.93 bits per heavy atom. The van der Waals surface area contributed by atoms with Crippen LogP contribution in [0.2, 0.25) is 0 Å². The number of nitrogens with zero attached hydrogens (tertiary/aromatic N) is 4. The van der Waals surface area contributed by atoms with Crippen molar-refractivity contribution >= 4 is 11.8 Å². The molecule has 0 aliphatic carbocycles. The highest BCUT2D eigenvalue weighted by atomic mass is 16.3. The van der Waals surface area contributed by atoms with Crippen molar-refractivity contribution < 1.29 is 14.7 Å². The van der Waals surface area contributed by atoms with Crippen LogP contribution in [0, 0.1) is 12.8 Å². The van der Waals surface area contributed by atoms with E-state index in [4.69, 9.17) is 0 Å². The molecule has 0 bridgehead atoms. The highest BCUT2D eigenvalue weighted by molar-refractivity contribution is 5.97. The number of nitrogens with one attached hydrogen (secondary N) is 1. The van der Waals surface area contributed by atoms with Gasteiger partial charge in [-0.15, -0.1) is 0 Å². The summed E-state index contributed by atoms with van der Waals surface area (Å²) in [5.41, 5.74) is 2.84. The standard InChI is InChI=1S/C22H29N5O3/c1-15-3-4-17(20(28)11-15)21(29)23-13-16-5-6-27-19(12-16)18(14-24-27)22(30)26-9-7-25(2)8-10-26/h3-4,11,14,16,28H,5-10,12-13H2,1-2H3,(H,23,29)/t16-/m1/s1. The number of phenolic OH excluding ortho intramolecular Hbond substituents is 1. The molecule has 4 rings (SSSR count). The summed E-state index contributed by atoms with van der Waals surface area (Å²) in [6.07, 6.45) is 3.28. The minimum absolute atomic E-state index is 0.00530.